The molecule has 0 bridgehead atoms. The van der Waals surface area contributed by atoms with Gasteiger partial charge >= 0.3 is 268 Å². The summed E-state index contributed by atoms with van der Waals surface area (Å²) in [5.41, 5.74) is 3.74. The molecule has 0 atom stereocenters. The molecule has 8 aromatic rings. The summed E-state index contributed by atoms with van der Waals surface area (Å²) in [5.74, 6) is 0.148. The quantitative estimate of drug-likeness (QED) is 0.0386. The van der Waals surface area contributed by atoms with Gasteiger partial charge in [-0.15, -0.1) is 0 Å². The van der Waals surface area contributed by atoms with Gasteiger partial charge in [0.25, 0.3) is 0 Å². The molecule has 1 radical (unpaired) electrons. The van der Waals surface area contributed by atoms with Gasteiger partial charge in [0.05, 0.1) is 11.9 Å². The number of pyridine rings is 1. The van der Waals surface area contributed by atoms with E-state index in [1.807, 2.05) is 12.1 Å². The van der Waals surface area contributed by atoms with Crippen LogP contribution in [-0.4, -0.2) is 57.8 Å². The second-order valence-electron chi connectivity index (χ2n) is 12.2. The van der Waals surface area contributed by atoms with E-state index in [0.29, 0.717) is 16.4 Å². The third kappa shape index (κ3) is 14.1. The van der Waals surface area contributed by atoms with Crippen LogP contribution in [0.3, 0.4) is 0 Å². The van der Waals surface area contributed by atoms with Crippen molar-refractivity contribution in [2.75, 3.05) is 7.05 Å². The monoisotopic (exact) mass is 1000 g/mol. The van der Waals surface area contributed by atoms with Crippen molar-refractivity contribution in [1.82, 2.24) is 10.4 Å². The van der Waals surface area contributed by atoms with E-state index in [1.165, 1.54) is 32.3 Å². The van der Waals surface area contributed by atoms with Crippen LogP contribution in [0, 0.1) is 6.65 Å². The Kier molecular flexibility index (Phi) is 20.3. The molecule has 0 fully saturated rings. The van der Waals surface area contributed by atoms with Crippen molar-refractivity contribution in [2.24, 2.45) is 10.1 Å². The van der Waals surface area contributed by atoms with E-state index in [-0.39, 0.29) is 25.2 Å². The van der Waals surface area contributed by atoms with Crippen molar-refractivity contribution in [3.8, 4) is 5.75 Å². The topological polar surface area (TPSA) is 89.8 Å². The van der Waals surface area contributed by atoms with Crippen molar-refractivity contribution < 1.29 is 29.2 Å². The van der Waals surface area contributed by atoms with Crippen LogP contribution in [0.25, 0.3) is 10.9 Å². The van der Waals surface area contributed by atoms with Crippen molar-refractivity contribution in [3.63, 3.8) is 0 Å². The van der Waals surface area contributed by atoms with Crippen LogP contribution in [0.4, 0.5) is 0 Å². The van der Waals surface area contributed by atoms with E-state index in [1.54, 1.807) is 25.2 Å². The first kappa shape index (κ1) is 46.3. The van der Waals surface area contributed by atoms with Gasteiger partial charge in [-0.3, -0.25) is 10.4 Å². The fourth-order valence-electron chi connectivity index (χ4n) is 5.78. The minimum atomic E-state index is -1.39. The van der Waals surface area contributed by atoms with Gasteiger partial charge in [-0.25, -0.2) is 4.98 Å². The van der Waals surface area contributed by atoms with Crippen LogP contribution in [0.5, 0.6) is 5.75 Å². The molecular weight excluding hydrogens is 960 g/mol. The molecule has 59 heavy (non-hydrogen) atoms. The fraction of sp³-hybridized carbons (Fsp3) is 0.0204. The molecule has 8 rings (SSSR count). The molecule has 0 spiro atoms. The van der Waals surface area contributed by atoms with E-state index >= 15 is 0 Å². The van der Waals surface area contributed by atoms with Crippen LogP contribution < -0.4 is 31.5 Å². The van der Waals surface area contributed by atoms with Gasteiger partial charge in [0.1, 0.15) is 11.3 Å². The average molecular weight is 1000 g/mol. The Labute approximate surface area is 374 Å². The second-order valence-corrected chi connectivity index (χ2v) is 21.9. The summed E-state index contributed by atoms with van der Waals surface area (Å²) in [6.07, 6.45) is 1.52. The zero-order valence-electron chi connectivity index (χ0n) is 32.1. The number of hydrazone groups is 1. The van der Waals surface area contributed by atoms with Crippen LogP contribution in [-0.2, 0) is 36.8 Å². The number of nitrogens with zero attached hydrogens (tertiary/aromatic N) is 3. The minimum absolute atomic E-state index is 0. The molecule has 6 nitrogen and oxygen atoms in total. The number of phenols is 1. The number of hydrogen-bond donors (Lipinski definition) is 2. The van der Waals surface area contributed by atoms with E-state index in [0.717, 1.165) is 5.39 Å². The zero-order valence-corrected chi connectivity index (χ0v) is 38.4. The number of para-hydroxylation sites is 1. The molecular formula is C49H41As2N4O2RuS. The Morgan fingerprint density at radius 1 is 0.542 bits per heavy atom. The fourth-order valence-corrected chi connectivity index (χ4v) is 15.5. The van der Waals surface area contributed by atoms with Gasteiger partial charge in [-0.2, -0.15) is 5.10 Å². The Balaban J connectivity index is 0.000000190. The number of rotatable bonds is 8. The van der Waals surface area contributed by atoms with Gasteiger partial charge < -0.3 is 17.7 Å². The van der Waals surface area contributed by atoms with Crippen LogP contribution in [0.1, 0.15) is 5.69 Å². The summed E-state index contributed by atoms with van der Waals surface area (Å²) in [6, 6.07) is 74.3. The first-order valence-corrected chi connectivity index (χ1v) is 24.3. The first-order valence-electron chi connectivity index (χ1n) is 18.2. The zero-order chi connectivity index (χ0) is 40.8. The van der Waals surface area contributed by atoms with Crippen molar-refractivity contribution >= 4 is 90.3 Å². The molecule has 0 saturated heterocycles. The van der Waals surface area contributed by atoms with Crippen LogP contribution in [0.15, 0.2) is 222 Å². The van der Waals surface area contributed by atoms with E-state index in [4.69, 9.17) is 17.3 Å². The summed E-state index contributed by atoms with van der Waals surface area (Å²) in [5, 5.41) is 14.8. The molecule has 0 aliphatic rings. The first-order chi connectivity index (χ1) is 28.6. The number of hydrogen-bond acceptors (Lipinski definition) is 5. The van der Waals surface area contributed by atoms with Gasteiger partial charge in [-0.05, 0) is 17.3 Å². The second kappa shape index (κ2) is 25.8. The van der Waals surface area contributed by atoms with Crippen LogP contribution >= 0.6 is 0 Å². The van der Waals surface area contributed by atoms with E-state index in [9.17, 15) is 5.11 Å². The maximum absolute atomic E-state index is 9.69. The predicted octanol–water partition coefficient (Wildman–Crippen LogP) is 5.76. The summed E-state index contributed by atoms with van der Waals surface area (Å²) in [6.45, 7) is 4.50. The molecule has 10 heteroatoms. The molecule has 2 N–H and O–H groups in total. The van der Waals surface area contributed by atoms with E-state index < -0.39 is 29.3 Å². The summed E-state index contributed by atoms with van der Waals surface area (Å²) >= 11 is 2.04. The third-order valence-electron chi connectivity index (χ3n) is 8.37. The normalized spacial score (nSPS) is 10.6. The number of benzene rings is 7. The standard InChI is InChI=1S/2C18H15As.C12H12N4OS.CO.Ru/c2*1-4-10-16(11-5-1)19(17-12-6-2-7-13-17)18-14-8-3-9-15-18;1-13-12(18)16-14-7-9-6-5-8-3-2-4-10(17)11(8)15-9;1-2;/h2*1-15H;2-7,17H,1H3,(H2,13,16,18);;/q;;;;+1/p-1/b;;14-7+;;. The van der Waals surface area contributed by atoms with Crippen molar-refractivity contribution in [1.29, 1.82) is 0 Å². The number of phenolic OH excluding ortho intramolecular Hbond substituents is 1. The molecule has 0 unspecified atom stereocenters. The Bertz CT molecular complexity index is 2180. The summed E-state index contributed by atoms with van der Waals surface area (Å²) < 4.78 is 16.4. The van der Waals surface area contributed by atoms with Gasteiger partial charge in [0.15, 0.2) is 0 Å². The summed E-state index contributed by atoms with van der Waals surface area (Å²) in [7, 11) is 1.58. The molecule has 0 aliphatic heterocycles. The molecule has 0 saturated carbocycles. The van der Waals surface area contributed by atoms with Gasteiger partial charge in [-0.1, -0.05) is 18.2 Å². The summed E-state index contributed by atoms with van der Waals surface area (Å²) in [4.78, 5) is 8.01. The predicted molar refractivity (Wildman–Crippen MR) is 247 cm³/mol. The van der Waals surface area contributed by atoms with Crippen molar-refractivity contribution in [3.05, 3.63) is 225 Å². The Hall–Kier alpha value is -5.41. The maximum atomic E-state index is 9.69. The number of nitrogens with one attached hydrogen (secondary N) is 1. The molecule has 0 amide bonds. The Morgan fingerprint density at radius 3 is 1.20 bits per heavy atom. The molecule has 293 valence electrons. The molecule has 0 aliphatic carbocycles. The Morgan fingerprint density at radius 2 is 0.881 bits per heavy atom. The third-order valence-corrected chi connectivity index (χ3v) is 18.9. The molecule has 1 aromatic heterocycles. The molecule has 1 heterocycles. The molecule has 7 aromatic carbocycles. The SMILES string of the molecule is CN=C([S-])N/N=C/c1ccc2cccc(O)c2n1.[C-]#[O+].[Ru+].c1ccc([As](c2ccccc2)c2ccccc2)cc1.c1ccc([As](c2ccccc2)c2ccccc2)cc1. The van der Waals surface area contributed by atoms with Crippen molar-refractivity contribution in [2.45, 2.75) is 0 Å². The van der Waals surface area contributed by atoms with Gasteiger partial charge in [0.2, 0.25) is 0 Å². The number of aromatic nitrogens is 1. The van der Waals surface area contributed by atoms with Crippen LogP contribution in [0.2, 0.25) is 0 Å². The number of amidine groups is 1. The van der Waals surface area contributed by atoms with E-state index in [2.05, 4.69) is 209 Å². The average Bonchev–Trinajstić information content (AvgIpc) is 3.30. The number of aromatic hydroxyl groups is 1. The van der Waals surface area contributed by atoms with Gasteiger partial charge in [0, 0.05) is 12.4 Å². The number of fused-ring (bicyclic) bond motifs is 1. The number of aliphatic imine (C=N–C) groups is 1.